The molecule has 0 amide bonds. The lowest BCUT2D eigenvalue weighted by Gasteiger charge is -2.48. The van der Waals surface area contributed by atoms with Gasteiger partial charge in [0.1, 0.15) is 5.60 Å². The second kappa shape index (κ2) is 4.17. The molecule has 0 saturated carbocycles. The van der Waals surface area contributed by atoms with Crippen LogP contribution in [-0.2, 0) is 0 Å². The number of anilines is 1. The molecule has 2 heterocycles. The number of hydrogen-bond acceptors (Lipinski definition) is 5. The fourth-order valence-corrected chi connectivity index (χ4v) is 2.38. The minimum absolute atomic E-state index is 0.0370. The number of H-pyrrole nitrogens is 1. The van der Waals surface area contributed by atoms with Crippen molar-refractivity contribution in [1.82, 2.24) is 9.97 Å². The highest BCUT2D eigenvalue weighted by atomic mass is 16.6. The van der Waals surface area contributed by atoms with Crippen molar-refractivity contribution in [2.75, 3.05) is 18.0 Å². The molecule has 106 valence electrons. The third-order valence-electron chi connectivity index (χ3n) is 3.97. The summed E-state index contributed by atoms with van der Waals surface area (Å²) >= 11 is 0. The molecular formula is C13H16N4O3. The number of rotatable bonds is 3. The number of nitrogens with one attached hydrogen (secondary N) is 1. The molecule has 0 radical (unpaired) electrons. The standard InChI is InChI=1S/C13H16N4O3/c1-8(2)13(18)6-16(7-13)12-14-10-4-3-9(17(19)20)5-11(10)15-12/h3-5,8,18H,6-7H2,1-2H3,(H,14,15). The van der Waals surface area contributed by atoms with E-state index in [-0.39, 0.29) is 11.6 Å². The molecule has 1 aromatic heterocycles. The lowest BCUT2D eigenvalue weighted by molar-refractivity contribution is -0.384. The van der Waals surface area contributed by atoms with Crippen LogP contribution in [0, 0.1) is 16.0 Å². The Morgan fingerprint density at radius 1 is 1.50 bits per heavy atom. The van der Waals surface area contributed by atoms with Crippen molar-refractivity contribution in [3.63, 3.8) is 0 Å². The number of β-amino-alcohol motifs (C(OH)–C–C–N with tert-alkyl or cyclic N) is 1. The van der Waals surface area contributed by atoms with Crippen LogP contribution < -0.4 is 4.90 Å². The number of nitrogens with zero attached hydrogens (tertiary/aromatic N) is 3. The van der Waals surface area contributed by atoms with Gasteiger partial charge in [-0.25, -0.2) is 4.98 Å². The summed E-state index contributed by atoms with van der Waals surface area (Å²) < 4.78 is 0. The second-order valence-electron chi connectivity index (χ2n) is 5.63. The number of nitro benzene ring substituents is 1. The highest BCUT2D eigenvalue weighted by Gasteiger charge is 2.44. The van der Waals surface area contributed by atoms with Gasteiger partial charge in [-0.1, -0.05) is 13.8 Å². The van der Waals surface area contributed by atoms with E-state index in [9.17, 15) is 15.2 Å². The predicted molar refractivity (Wildman–Crippen MR) is 74.7 cm³/mol. The molecule has 1 saturated heterocycles. The topological polar surface area (TPSA) is 95.3 Å². The Kier molecular flexibility index (Phi) is 2.68. The molecule has 7 heteroatoms. The largest absolute Gasteiger partial charge is 0.386 e. The summed E-state index contributed by atoms with van der Waals surface area (Å²) in [6, 6.07) is 4.54. The van der Waals surface area contributed by atoms with Gasteiger partial charge in [0.25, 0.3) is 5.69 Å². The predicted octanol–water partition coefficient (Wildman–Crippen LogP) is 1.68. The lowest BCUT2D eigenvalue weighted by atomic mass is 9.83. The molecule has 0 unspecified atom stereocenters. The molecule has 0 atom stereocenters. The van der Waals surface area contributed by atoms with Gasteiger partial charge in [0.15, 0.2) is 0 Å². The zero-order chi connectivity index (χ0) is 14.5. The Balaban J connectivity index is 1.86. The van der Waals surface area contributed by atoms with Gasteiger partial charge in [0.2, 0.25) is 5.95 Å². The van der Waals surface area contributed by atoms with E-state index in [4.69, 9.17) is 0 Å². The Morgan fingerprint density at radius 2 is 2.20 bits per heavy atom. The van der Waals surface area contributed by atoms with E-state index in [0.29, 0.717) is 30.1 Å². The molecule has 0 spiro atoms. The number of non-ortho nitro benzene ring substituents is 1. The molecule has 7 nitrogen and oxygen atoms in total. The minimum atomic E-state index is -0.676. The van der Waals surface area contributed by atoms with Crippen molar-refractivity contribution in [1.29, 1.82) is 0 Å². The molecule has 0 aliphatic carbocycles. The van der Waals surface area contributed by atoms with Crippen LogP contribution in [0.4, 0.5) is 11.6 Å². The normalized spacial score (nSPS) is 17.5. The summed E-state index contributed by atoms with van der Waals surface area (Å²) in [5.41, 5.74) is 0.681. The van der Waals surface area contributed by atoms with Crippen molar-refractivity contribution in [3.8, 4) is 0 Å². The van der Waals surface area contributed by atoms with Crippen LogP contribution in [0.2, 0.25) is 0 Å². The zero-order valence-corrected chi connectivity index (χ0v) is 11.3. The number of benzene rings is 1. The molecular weight excluding hydrogens is 260 g/mol. The number of aromatic nitrogens is 2. The highest BCUT2D eigenvalue weighted by molar-refractivity contribution is 5.80. The van der Waals surface area contributed by atoms with Crippen molar-refractivity contribution in [2.45, 2.75) is 19.4 Å². The van der Waals surface area contributed by atoms with Crippen LogP contribution in [0.15, 0.2) is 18.2 Å². The number of nitro groups is 1. The van der Waals surface area contributed by atoms with Crippen LogP contribution in [0.25, 0.3) is 11.0 Å². The molecule has 3 rings (SSSR count). The minimum Gasteiger partial charge on any atom is -0.386 e. The first-order chi connectivity index (χ1) is 9.39. The first kappa shape index (κ1) is 12.9. The second-order valence-corrected chi connectivity index (χ2v) is 5.63. The summed E-state index contributed by atoms with van der Waals surface area (Å²) in [5.74, 6) is 0.829. The van der Waals surface area contributed by atoms with Crippen molar-refractivity contribution in [2.24, 2.45) is 5.92 Å². The zero-order valence-electron chi connectivity index (χ0n) is 11.3. The Bertz CT molecular complexity index is 673. The van der Waals surface area contributed by atoms with E-state index in [2.05, 4.69) is 9.97 Å². The van der Waals surface area contributed by atoms with Crippen LogP contribution in [0.5, 0.6) is 0 Å². The maximum absolute atomic E-state index is 10.7. The molecule has 2 aromatic rings. The van der Waals surface area contributed by atoms with Crippen LogP contribution in [-0.4, -0.2) is 38.7 Å². The van der Waals surface area contributed by atoms with Crippen LogP contribution >= 0.6 is 0 Å². The fourth-order valence-electron chi connectivity index (χ4n) is 2.38. The first-order valence-corrected chi connectivity index (χ1v) is 6.50. The van der Waals surface area contributed by atoms with Crippen molar-refractivity contribution < 1.29 is 10.0 Å². The van der Waals surface area contributed by atoms with E-state index >= 15 is 0 Å². The van der Waals surface area contributed by atoms with Gasteiger partial charge >= 0.3 is 0 Å². The summed E-state index contributed by atoms with van der Waals surface area (Å²) in [6.07, 6.45) is 0. The Hall–Kier alpha value is -2.15. The van der Waals surface area contributed by atoms with Gasteiger partial charge in [0.05, 0.1) is 29.0 Å². The fraction of sp³-hybridized carbons (Fsp3) is 0.462. The molecule has 2 N–H and O–H groups in total. The molecule has 1 aromatic carbocycles. The highest BCUT2D eigenvalue weighted by Crippen LogP contribution is 2.32. The third-order valence-corrected chi connectivity index (χ3v) is 3.97. The summed E-state index contributed by atoms with van der Waals surface area (Å²) in [5, 5.41) is 21.0. The smallest absolute Gasteiger partial charge is 0.271 e. The van der Waals surface area contributed by atoms with E-state index in [1.165, 1.54) is 12.1 Å². The SMILES string of the molecule is CC(C)C1(O)CN(c2nc3ccc([N+](=O)[O-])cc3[nH]2)C1. The monoisotopic (exact) mass is 276 g/mol. The molecule has 0 bridgehead atoms. The first-order valence-electron chi connectivity index (χ1n) is 6.50. The average molecular weight is 276 g/mol. The third kappa shape index (κ3) is 1.90. The molecule has 1 fully saturated rings. The quantitative estimate of drug-likeness (QED) is 0.657. The van der Waals surface area contributed by atoms with Gasteiger partial charge in [-0.3, -0.25) is 10.1 Å². The molecule has 1 aliphatic heterocycles. The number of aliphatic hydroxyl groups is 1. The van der Waals surface area contributed by atoms with Crippen LogP contribution in [0.1, 0.15) is 13.8 Å². The molecule has 20 heavy (non-hydrogen) atoms. The van der Waals surface area contributed by atoms with E-state index < -0.39 is 10.5 Å². The average Bonchev–Trinajstić information content (AvgIpc) is 2.76. The lowest BCUT2D eigenvalue weighted by Crippen LogP contribution is -2.65. The van der Waals surface area contributed by atoms with E-state index in [1.807, 2.05) is 18.7 Å². The number of aromatic amines is 1. The Morgan fingerprint density at radius 3 is 2.80 bits per heavy atom. The summed E-state index contributed by atoms with van der Waals surface area (Å²) in [6.45, 7) is 5.01. The van der Waals surface area contributed by atoms with Gasteiger partial charge in [-0.15, -0.1) is 0 Å². The van der Waals surface area contributed by atoms with Gasteiger partial charge in [-0.2, -0.15) is 0 Å². The van der Waals surface area contributed by atoms with Crippen LogP contribution in [0.3, 0.4) is 0 Å². The Labute approximate surface area is 115 Å². The van der Waals surface area contributed by atoms with Gasteiger partial charge < -0.3 is 15.0 Å². The van der Waals surface area contributed by atoms with Gasteiger partial charge in [0, 0.05) is 12.1 Å². The summed E-state index contributed by atoms with van der Waals surface area (Å²) in [4.78, 5) is 19.7. The van der Waals surface area contributed by atoms with Crippen molar-refractivity contribution in [3.05, 3.63) is 28.3 Å². The maximum atomic E-state index is 10.7. The van der Waals surface area contributed by atoms with Gasteiger partial charge in [-0.05, 0) is 12.0 Å². The van der Waals surface area contributed by atoms with Crippen molar-refractivity contribution >= 4 is 22.7 Å². The summed E-state index contributed by atoms with van der Waals surface area (Å²) in [7, 11) is 0. The van der Waals surface area contributed by atoms with E-state index in [0.717, 1.165) is 0 Å². The molecule has 1 aliphatic rings. The number of imidazole rings is 1. The number of fused-ring (bicyclic) bond motifs is 1. The van der Waals surface area contributed by atoms with E-state index in [1.54, 1.807) is 6.07 Å². The number of hydrogen-bond donors (Lipinski definition) is 2. The maximum Gasteiger partial charge on any atom is 0.271 e.